The van der Waals surface area contributed by atoms with Gasteiger partial charge in [0.15, 0.2) is 0 Å². The van der Waals surface area contributed by atoms with E-state index in [2.05, 4.69) is 0 Å². The third kappa shape index (κ3) is 5.17. The van der Waals surface area contributed by atoms with Crippen molar-refractivity contribution in [3.63, 3.8) is 0 Å². The number of primary amides is 1. The zero-order chi connectivity index (χ0) is 18.4. The Bertz CT molecular complexity index is 732. The van der Waals surface area contributed by atoms with Gasteiger partial charge in [-0.2, -0.15) is 0 Å². The van der Waals surface area contributed by atoms with Crippen LogP contribution in [0.4, 0.5) is 0 Å². The molecule has 0 heterocycles. The molecule has 0 bridgehead atoms. The standard InChI is InChI=1S/C18H21BN2O4/c1-12-2-6-14(7-3-12)19(15-8-4-13(11-22)5-9-15)25-18(24)16(20)10-17(21)23/h2-9,16,22H,10-11,20H2,1H3,(H2,21,23). The smallest absolute Gasteiger partial charge is 0.429 e. The van der Waals surface area contributed by atoms with Crippen molar-refractivity contribution in [2.45, 2.75) is 26.0 Å². The van der Waals surface area contributed by atoms with Gasteiger partial charge in [-0.05, 0) is 23.4 Å². The number of amides is 1. The molecule has 2 rings (SSSR count). The molecule has 0 fully saturated rings. The van der Waals surface area contributed by atoms with E-state index >= 15 is 0 Å². The van der Waals surface area contributed by atoms with Crippen LogP contribution in [0.1, 0.15) is 17.5 Å². The van der Waals surface area contributed by atoms with Gasteiger partial charge < -0.3 is 21.2 Å². The number of aryl methyl sites for hydroxylation is 1. The molecule has 6 nitrogen and oxygen atoms in total. The number of aliphatic hydroxyl groups excluding tert-OH is 1. The molecule has 1 atom stereocenters. The van der Waals surface area contributed by atoms with Crippen LogP contribution in [-0.2, 0) is 20.9 Å². The van der Waals surface area contributed by atoms with E-state index in [1.807, 2.05) is 31.2 Å². The summed E-state index contributed by atoms with van der Waals surface area (Å²) in [5, 5.41) is 9.17. The monoisotopic (exact) mass is 340 g/mol. The van der Waals surface area contributed by atoms with Crippen LogP contribution in [0.3, 0.4) is 0 Å². The number of carbonyl (C=O) groups is 2. The first-order chi connectivity index (χ1) is 11.9. The molecule has 1 unspecified atom stereocenters. The van der Waals surface area contributed by atoms with E-state index in [0.717, 1.165) is 22.1 Å². The Morgan fingerprint density at radius 2 is 1.60 bits per heavy atom. The van der Waals surface area contributed by atoms with Crippen LogP contribution >= 0.6 is 0 Å². The Kier molecular flexibility index (Phi) is 6.33. The number of hydrogen-bond acceptors (Lipinski definition) is 5. The lowest BCUT2D eigenvalue weighted by atomic mass is 9.55. The van der Waals surface area contributed by atoms with E-state index in [-0.39, 0.29) is 13.0 Å². The Labute approximate surface area is 146 Å². The fraction of sp³-hybridized carbons (Fsp3) is 0.222. The normalized spacial score (nSPS) is 11.6. The zero-order valence-corrected chi connectivity index (χ0v) is 14.0. The van der Waals surface area contributed by atoms with Crippen molar-refractivity contribution in [3.05, 3.63) is 59.7 Å². The SMILES string of the molecule is Cc1ccc(B(OC(=O)C(N)CC(N)=O)c2ccc(CO)cc2)cc1. The summed E-state index contributed by atoms with van der Waals surface area (Å²) in [4.78, 5) is 23.2. The summed E-state index contributed by atoms with van der Waals surface area (Å²) in [6, 6.07) is 13.5. The highest BCUT2D eigenvalue weighted by atomic mass is 16.5. The topological polar surface area (TPSA) is 116 Å². The molecule has 0 saturated carbocycles. The van der Waals surface area contributed by atoms with Crippen molar-refractivity contribution in [2.24, 2.45) is 11.5 Å². The molecular formula is C18H21BN2O4. The lowest BCUT2D eigenvalue weighted by molar-refractivity contribution is -0.137. The van der Waals surface area contributed by atoms with Gasteiger partial charge in [0.25, 0.3) is 0 Å². The van der Waals surface area contributed by atoms with Crippen LogP contribution in [0.5, 0.6) is 0 Å². The highest BCUT2D eigenvalue weighted by Gasteiger charge is 2.28. The summed E-state index contributed by atoms with van der Waals surface area (Å²) >= 11 is 0. The van der Waals surface area contributed by atoms with E-state index in [1.54, 1.807) is 24.3 Å². The van der Waals surface area contributed by atoms with Crippen LogP contribution in [0.2, 0.25) is 0 Å². The minimum absolute atomic E-state index is 0.0707. The Morgan fingerprint density at radius 3 is 2.08 bits per heavy atom. The van der Waals surface area contributed by atoms with Crippen molar-refractivity contribution in [2.75, 3.05) is 0 Å². The second-order valence-electron chi connectivity index (χ2n) is 5.90. The lowest BCUT2D eigenvalue weighted by Crippen LogP contribution is -2.49. The first kappa shape index (κ1) is 18.7. The van der Waals surface area contributed by atoms with Crippen molar-refractivity contribution >= 4 is 29.7 Å². The van der Waals surface area contributed by atoms with E-state index < -0.39 is 24.8 Å². The molecule has 2 aromatic rings. The summed E-state index contributed by atoms with van der Waals surface area (Å²) in [7, 11) is 0. The molecule has 0 aromatic heterocycles. The van der Waals surface area contributed by atoms with Crippen LogP contribution in [0.25, 0.3) is 0 Å². The Morgan fingerprint density at radius 1 is 1.08 bits per heavy atom. The molecule has 0 aliphatic carbocycles. The van der Waals surface area contributed by atoms with Gasteiger partial charge >= 0.3 is 12.9 Å². The first-order valence-corrected chi connectivity index (χ1v) is 7.91. The van der Waals surface area contributed by atoms with E-state index in [9.17, 15) is 14.7 Å². The molecule has 25 heavy (non-hydrogen) atoms. The average Bonchev–Trinajstić information content (AvgIpc) is 2.60. The summed E-state index contributed by atoms with van der Waals surface area (Å²) < 4.78 is 5.56. The maximum absolute atomic E-state index is 12.2. The minimum atomic E-state index is -1.11. The summed E-state index contributed by atoms with van der Waals surface area (Å²) in [5.41, 5.74) is 14.1. The van der Waals surface area contributed by atoms with Crippen LogP contribution < -0.4 is 22.4 Å². The van der Waals surface area contributed by atoms with Gasteiger partial charge in [0.1, 0.15) is 6.04 Å². The second kappa shape index (κ2) is 8.46. The maximum atomic E-state index is 12.2. The number of benzene rings is 2. The molecule has 0 aliphatic heterocycles. The molecule has 7 heteroatoms. The highest BCUT2D eigenvalue weighted by Crippen LogP contribution is 2.03. The van der Waals surface area contributed by atoms with Gasteiger partial charge in [-0.15, -0.1) is 0 Å². The molecule has 5 N–H and O–H groups in total. The molecule has 1 amide bonds. The molecular weight excluding hydrogens is 319 g/mol. The number of aliphatic hydroxyl groups is 1. The third-order valence-electron chi connectivity index (χ3n) is 3.80. The number of rotatable bonds is 7. The van der Waals surface area contributed by atoms with E-state index in [4.69, 9.17) is 16.1 Å². The number of carbonyl (C=O) groups excluding carboxylic acids is 2. The minimum Gasteiger partial charge on any atom is -0.525 e. The molecule has 0 radical (unpaired) electrons. The fourth-order valence-electron chi connectivity index (χ4n) is 2.37. The van der Waals surface area contributed by atoms with Gasteiger partial charge in [0, 0.05) is 0 Å². The maximum Gasteiger partial charge on any atom is 0.429 e. The predicted octanol–water partition coefficient (Wildman–Crippen LogP) is -0.661. The van der Waals surface area contributed by atoms with Gasteiger partial charge in [-0.1, -0.05) is 54.1 Å². The van der Waals surface area contributed by atoms with Crippen molar-refractivity contribution < 1.29 is 19.3 Å². The largest absolute Gasteiger partial charge is 0.525 e. The van der Waals surface area contributed by atoms with Crippen LogP contribution in [0.15, 0.2) is 48.5 Å². The van der Waals surface area contributed by atoms with Crippen molar-refractivity contribution in [1.82, 2.24) is 0 Å². The second-order valence-corrected chi connectivity index (χ2v) is 5.90. The van der Waals surface area contributed by atoms with Gasteiger partial charge in [-0.25, -0.2) is 0 Å². The van der Waals surface area contributed by atoms with Crippen LogP contribution in [-0.4, -0.2) is 29.9 Å². The molecule has 0 saturated heterocycles. The summed E-state index contributed by atoms with van der Waals surface area (Å²) in [5.74, 6) is -1.36. The highest BCUT2D eigenvalue weighted by molar-refractivity contribution is 6.81. The zero-order valence-electron chi connectivity index (χ0n) is 14.0. The van der Waals surface area contributed by atoms with E-state index in [0.29, 0.717) is 0 Å². The van der Waals surface area contributed by atoms with Gasteiger partial charge in [0.05, 0.1) is 13.0 Å². The third-order valence-corrected chi connectivity index (χ3v) is 3.80. The van der Waals surface area contributed by atoms with E-state index in [1.165, 1.54) is 0 Å². The molecule has 0 spiro atoms. The molecule has 130 valence electrons. The van der Waals surface area contributed by atoms with Crippen molar-refractivity contribution in [1.29, 1.82) is 0 Å². The number of nitrogens with two attached hydrogens (primary N) is 2. The van der Waals surface area contributed by atoms with Crippen molar-refractivity contribution in [3.8, 4) is 0 Å². The molecule has 2 aromatic carbocycles. The first-order valence-electron chi connectivity index (χ1n) is 7.91. The van der Waals surface area contributed by atoms with Crippen LogP contribution in [0, 0.1) is 6.92 Å². The summed E-state index contributed by atoms with van der Waals surface area (Å²) in [6.45, 7) is 1.22. The number of hydrogen-bond donors (Lipinski definition) is 3. The fourth-order valence-corrected chi connectivity index (χ4v) is 2.37. The van der Waals surface area contributed by atoms with Gasteiger partial charge in [0.2, 0.25) is 5.91 Å². The average molecular weight is 340 g/mol. The lowest BCUT2D eigenvalue weighted by Gasteiger charge is -2.18. The molecule has 0 aliphatic rings. The quantitative estimate of drug-likeness (QED) is 0.579. The van der Waals surface area contributed by atoms with Gasteiger partial charge in [-0.3, -0.25) is 9.59 Å². The predicted molar refractivity (Wildman–Crippen MR) is 96.4 cm³/mol. The summed E-state index contributed by atoms with van der Waals surface area (Å²) in [6.07, 6.45) is -0.275. The Hall–Kier alpha value is -2.64. The Balaban J connectivity index is 2.29.